The lowest BCUT2D eigenvalue weighted by Crippen LogP contribution is -2.24. The molecule has 1 heterocycles. The average Bonchev–Trinajstić information content (AvgIpc) is 3.05. The molecular formula is C21H25N3O2. The van der Waals surface area contributed by atoms with Crippen molar-refractivity contribution in [3.05, 3.63) is 65.2 Å². The minimum absolute atomic E-state index is 0.0139. The Hall–Kier alpha value is -2.82. The van der Waals surface area contributed by atoms with Gasteiger partial charge in [-0.05, 0) is 35.6 Å². The second-order valence-electron chi connectivity index (χ2n) is 6.71. The number of hydrogen-bond donors (Lipinski definition) is 2. The summed E-state index contributed by atoms with van der Waals surface area (Å²) in [5.41, 5.74) is 9.80. The fraction of sp³-hybridized carbons (Fsp3) is 0.333. The second kappa shape index (κ2) is 8.52. The monoisotopic (exact) mass is 351 g/mol. The number of carbonyl (C=O) groups excluding carboxylic acids is 2. The lowest BCUT2D eigenvalue weighted by atomic mass is 10.1. The molecule has 26 heavy (non-hydrogen) atoms. The van der Waals surface area contributed by atoms with Crippen LogP contribution < -0.4 is 11.1 Å². The first-order chi connectivity index (χ1) is 12.6. The summed E-state index contributed by atoms with van der Waals surface area (Å²) < 4.78 is 0. The van der Waals surface area contributed by atoms with E-state index in [1.54, 1.807) is 0 Å². The average molecular weight is 351 g/mol. The van der Waals surface area contributed by atoms with Gasteiger partial charge in [0.25, 0.3) is 0 Å². The summed E-state index contributed by atoms with van der Waals surface area (Å²) in [5, 5.41) is 2.94. The molecule has 0 aliphatic carbocycles. The molecule has 1 aliphatic rings. The maximum atomic E-state index is 12.0. The SMILES string of the molecule is Nc1ccccc1CCC(=O)NCc1ccc(CN2CCCC2=O)cc1. The molecule has 0 unspecified atom stereocenters. The van der Waals surface area contributed by atoms with Crippen LogP contribution in [0.15, 0.2) is 48.5 Å². The fourth-order valence-corrected chi connectivity index (χ4v) is 3.15. The minimum atomic E-state index is 0.0139. The van der Waals surface area contributed by atoms with Gasteiger partial charge in [-0.25, -0.2) is 0 Å². The number of nitrogen functional groups attached to an aromatic ring is 1. The van der Waals surface area contributed by atoms with Crippen LogP contribution >= 0.6 is 0 Å². The highest BCUT2D eigenvalue weighted by Crippen LogP contribution is 2.15. The van der Waals surface area contributed by atoms with E-state index in [0.717, 1.165) is 35.3 Å². The molecule has 2 aromatic carbocycles. The van der Waals surface area contributed by atoms with Crippen LogP contribution in [-0.4, -0.2) is 23.3 Å². The molecule has 3 rings (SSSR count). The largest absolute Gasteiger partial charge is 0.399 e. The van der Waals surface area contributed by atoms with Gasteiger partial charge in [0.05, 0.1) is 0 Å². The predicted molar refractivity (Wildman–Crippen MR) is 102 cm³/mol. The fourth-order valence-electron chi connectivity index (χ4n) is 3.15. The van der Waals surface area contributed by atoms with Crippen LogP contribution in [0.2, 0.25) is 0 Å². The molecule has 5 heteroatoms. The van der Waals surface area contributed by atoms with E-state index in [1.807, 2.05) is 53.4 Å². The number of para-hydroxylation sites is 1. The highest BCUT2D eigenvalue weighted by atomic mass is 16.2. The first-order valence-electron chi connectivity index (χ1n) is 9.07. The second-order valence-corrected chi connectivity index (χ2v) is 6.71. The van der Waals surface area contributed by atoms with Gasteiger partial charge in [0, 0.05) is 38.2 Å². The Labute approximate surface area is 154 Å². The number of benzene rings is 2. The Morgan fingerprint density at radius 3 is 2.50 bits per heavy atom. The number of likely N-dealkylation sites (tertiary alicyclic amines) is 1. The van der Waals surface area contributed by atoms with E-state index in [2.05, 4.69) is 5.32 Å². The van der Waals surface area contributed by atoms with Gasteiger partial charge in [-0.15, -0.1) is 0 Å². The summed E-state index contributed by atoms with van der Waals surface area (Å²) in [6, 6.07) is 15.7. The van der Waals surface area contributed by atoms with Gasteiger partial charge in [-0.1, -0.05) is 42.5 Å². The van der Waals surface area contributed by atoms with E-state index in [1.165, 1.54) is 0 Å². The summed E-state index contributed by atoms with van der Waals surface area (Å²) in [4.78, 5) is 25.6. The van der Waals surface area contributed by atoms with Crippen molar-refractivity contribution in [1.29, 1.82) is 0 Å². The number of rotatable bonds is 7. The minimum Gasteiger partial charge on any atom is -0.399 e. The van der Waals surface area contributed by atoms with Gasteiger partial charge in [0.2, 0.25) is 11.8 Å². The molecule has 136 valence electrons. The van der Waals surface area contributed by atoms with E-state index in [4.69, 9.17) is 5.73 Å². The molecule has 3 N–H and O–H groups in total. The predicted octanol–water partition coefficient (Wildman–Crippen LogP) is 2.64. The van der Waals surface area contributed by atoms with Crippen molar-refractivity contribution in [2.45, 2.75) is 38.8 Å². The number of carbonyl (C=O) groups is 2. The number of nitrogens with two attached hydrogens (primary N) is 1. The van der Waals surface area contributed by atoms with E-state index in [9.17, 15) is 9.59 Å². The maximum absolute atomic E-state index is 12.0. The van der Waals surface area contributed by atoms with Crippen molar-refractivity contribution < 1.29 is 9.59 Å². The Kier molecular flexibility index (Phi) is 5.89. The number of nitrogens with zero attached hydrogens (tertiary/aromatic N) is 1. The first kappa shape index (κ1) is 18.0. The van der Waals surface area contributed by atoms with E-state index < -0.39 is 0 Å². The van der Waals surface area contributed by atoms with Crippen molar-refractivity contribution in [3.63, 3.8) is 0 Å². The molecule has 1 aliphatic heterocycles. The van der Waals surface area contributed by atoms with Gasteiger partial charge < -0.3 is 16.0 Å². The van der Waals surface area contributed by atoms with Crippen LogP contribution in [0.4, 0.5) is 5.69 Å². The van der Waals surface area contributed by atoms with Gasteiger partial charge in [-0.3, -0.25) is 9.59 Å². The molecular weight excluding hydrogens is 326 g/mol. The number of amides is 2. The zero-order valence-electron chi connectivity index (χ0n) is 14.9. The lowest BCUT2D eigenvalue weighted by Gasteiger charge is -2.15. The standard InChI is InChI=1S/C21H25N3O2/c22-19-5-2-1-4-18(19)11-12-20(25)23-14-16-7-9-17(10-8-16)15-24-13-3-6-21(24)26/h1-2,4-5,7-10H,3,6,11-15,22H2,(H,23,25). The molecule has 0 saturated carbocycles. The van der Waals surface area contributed by atoms with Crippen LogP contribution in [0.3, 0.4) is 0 Å². The zero-order chi connectivity index (χ0) is 18.4. The molecule has 1 fully saturated rings. The van der Waals surface area contributed by atoms with E-state index in [-0.39, 0.29) is 11.8 Å². The Bertz CT molecular complexity index is 771. The van der Waals surface area contributed by atoms with Crippen molar-refractivity contribution >= 4 is 17.5 Å². The molecule has 5 nitrogen and oxygen atoms in total. The third kappa shape index (κ3) is 4.85. The third-order valence-corrected chi connectivity index (χ3v) is 4.73. The Balaban J connectivity index is 1.43. The highest BCUT2D eigenvalue weighted by Gasteiger charge is 2.19. The summed E-state index contributed by atoms with van der Waals surface area (Å²) in [5.74, 6) is 0.250. The summed E-state index contributed by atoms with van der Waals surface area (Å²) in [7, 11) is 0. The number of aryl methyl sites for hydroxylation is 1. The smallest absolute Gasteiger partial charge is 0.222 e. The summed E-state index contributed by atoms with van der Waals surface area (Å²) in [6.07, 6.45) is 2.68. The van der Waals surface area contributed by atoms with Gasteiger partial charge >= 0.3 is 0 Å². The zero-order valence-corrected chi connectivity index (χ0v) is 14.9. The van der Waals surface area contributed by atoms with Crippen LogP contribution in [0.1, 0.15) is 36.0 Å². The number of hydrogen-bond acceptors (Lipinski definition) is 3. The molecule has 0 atom stereocenters. The van der Waals surface area contributed by atoms with E-state index in [0.29, 0.717) is 32.4 Å². The summed E-state index contributed by atoms with van der Waals surface area (Å²) in [6.45, 7) is 2.03. The van der Waals surface area contributed by atoms with E-state index >= 15 is 0 Å². The Morgan fingerprint density at radius 2 is 1.81 bits per heavy atom. The van der Waals surface area contributed by atoms with Gasteiger partial charge in [-0.2, -0.15) is 0 Å². The van der Waals surface area contributed by atoms with Crippen molar-refractivity contribution in [2.75, 3.05) is 12.3 Å². The van der Waals surface area contributed by atoms with Gasteiger partial charge in [0.15, 0.2) is 0 Å². The molecule has 0 radical (unpaired) electrons. The molecule has 2 amide bonds. The molecule has 0 bridgehead atoms. The van der Waals surface area contributed by atoms with Crippen molar-refractivity contribution in [3.8, 4) is 0 Å². The molecule has 0 spiro atoms. The van der Waals surface area contributed by atoms with Crippen molar-refractivity contribution in [2.24, 2.45) is 0 Å². The molecule has 1 saturated heterocycles. The van der Waals surface area contributed by atoms with Crippen LogP contribution in [0.25, 0.3) is 0 Å². The quantitative estimate of drug-likeness (QED) is 0.753. The molecule has 2 aromatic rings. The highest BCUT2D eigenvalue weighted by molar-refractivity contribution is 5.78. The van der Waals surface area contributed by atoms with Crippen molar-refractivity contribution in [1.82, 2.24) is 10.2 Å². The Morgan fingerprint density at radius 1 is 1.08 bits per heavy atom. The normalized spacial score (nSPS) is 13.8. The topological polar surface area (TPSA) is 75.4 Å². The van der Waals surface area contributed by atoms with Crippen LogP contribution in [0, 0.1) is 0 Å². The number of nitrogens with one attached hydrogen (secondary N) is 1. The van der Waals surface area contributed by atoms with Crippen LogP contribution in [-0.2, 0) is 29.1 Å². The first-order valence-corrected chi connectivity index (χ1v) is 9.07. The van der Waals surface area contributed by atoms with Crippen LogP contribution in [0.5, 0.6) is 0 Å². The number of anilines is 1. The maximum Gasteiger partial charge on any atom is 0.222 e. The third-order valence-electron chi connectivity index (χ3n) is 4.73. The molecule has 0 aromatic heterocycles. The summed E-state index contributed by atoms with van der Waals surface area (Å²) >= 11 is 0. The lowest BCUT2D eigenvalue weighted by molar-refractivity contribution is -0.128. The van der Waals surface area contributed by atoms with Gasteiger partial charge in [0.1, 0.15) is 0 Å².